The Morgan fingerprint density at radius 3 is 2.38 bits per heavy atom. The molecule has 2 atom stereocenters. The van der Waals surface area contributed by atoms with Gasteiger partial charge in [-0.05, 0) is 24.1 Å². The summed E-state index contributed by atoms with van der Waals surface area (Å²) >= 11 is 3.28. The molecule has 1 aromatic rings. The third-order valence-electron chi connectivity index (χ3n) is 2.92. The normalized spacial score (nSPS) is 29.2. The van der Waals surface area contributed by atoms with E-state index >= 15 is 0 Å². The number of nitrogens with two attached hydrogens (primary N) is 1. The molecule has 1 aromatic carbocycles. The number of hydrogen-bond donors (Lipinski definition) is 1. The van der Waals surface area contributed by atoms with Crippen LogP contribution in [0, 0.1) is 0 Å². The van der Waals surface area contributed by atoms with Crippen molar-refractivity contribution in [2.75, 3.05) is 0 Å². The molecule has 0 heterocycles. The SMILES string of the molecule is NC1(CC(F)(F)F)CC1c1ccc(Br)cc1. The summed E-state index contributed by atoms with van der Waals surface area (Å²) in [5, 5.41) is 0. The highest BCUT2D eigenvalue weighted by molar-refractivity contribution is 9.10. The first kappa shape index (κ1) is 11.9. The van der Waals surface area contributed by atoms with Gasteiger partial charge in [-0.1, -0.05) is 28.1 Å². The Labute approximate surface area is 100.0 Å². The van der Waals surface area contributed by atoms with Gasteiger partial charge in [-0.2, -0.15) is 13.2 Å². The minimum atomic E-state index is -4.18. The molecule has 1 aliphatic rings. The van der Waals surface area contributed by atoms with Crippen LogP contribution in [0.2, 0.25) is 0 Å². The molecule has 0 radical (unpaired) electrons. The van der Waals surface area contributed by atoms with Crippen molar-refractivity contribution in [3.8, 4) is 0 Å². The van der Waals surface area contributed by atoms with Gasteiger partial charge in [0.1, 0.15) is 0 Å². The number of rotatable bonds is 2. The molecule has 16 heavy (non-hydrogen) atoms. The van der Waals surface area contributed by atoms with Gasteiger partial charge < -0.3 is 5.73 Å². The zero-order chi connectivity index (χ0) is 12.0. The molecule has 88 valence electrons. The van der Waals surface area contributed by atoms with Crippen molar-refractivity contribution in [3.05, 3.63) is 34.3 Å². The molecular formula is C11H11BrF3N. The van der Waals surface area contributed by atoms with Gasteiger partial charge in [0.15, 0.2) is 0 Å². The topological polar surface area (TPSA) is 26.0 Å². The quantitative estimate of drug-likeness (QED) is 0.886. The molecule has 0 spiro atoms. The summed E-state index contributed by atoms with van der Waals surface area (Å²) in [4.78, 5) is 0. The van der Waals surface area contributed by atoms with Gasteiger partial charge in [-0.15, -0.1) is 0 Å². The van der Waals surface area contributed by atoms with Crippen LogP contribution < -0.4 is 5.73 Å². The van der Waals surface area contributed by atoms with Crippen LogP contribution in [0.25, 0.3) is 0 Å². The lowest BCUT2D eigenvalue weighted by atomic mass is 10.0. The molecule has 2 N–H and O–H groups in total. The van der Waals surface area contributed by atoms with Gasteiger partial charge in [0.25, 0.3) is 0 Å². The molecule has 0 aliphatic heterocycles. The lowest BCUT2D eigenvalue weighted by Crippen LogP contribution is -2.31. The fraction of sp³-hybridized carbons (Fsp3) is 0.455. The van der Waals surface area contributed by atoms with E-state index in [2.05, 4.69) is 15.9 Å². The van der Waals surface area contributed by atoms with Crippen molar-refractivity contribution in [2.24, 2.45) is 5.73 Å². The van der Waals surface area contributed by atoms with E-state index < -0.39 is 18.1 Å². The summed E-state index contributed by atoms with van der Waals surface area (Å²) in [6, 6.07) is 7.28. The van der Waals surface area contributed by atoms with Crippen LogP contribution in [-0.4, -0.2) is 11.7 Å². The van der Waals surface area contributed by atoms with Crippen molar-refractivity contribution < 1.29 is 13.2 Å². The lowest BCUT2D eigenvalue weighted by Gasteiger charge is -2.14. The zero-order valence-corrected chi connectivity index (χ0v) is 9.98. The average Bonchev–Trinajstić information content (AvgIpc) is 2.75. The van der Waals surface area contributed by atoms with E-state index in [1.165, 1.54) is 0 Å². The summed E-state index contributed by atoms with van der Waals surface area (Å²) in [6.45, 7) is 0. The highest BCUT2D eigenvalue weighted by atomic mass is 79.9. The van der Waals surface area contributed by atoms with Crippen molar-refractivity contribution in [2.45, 2.75) is 30.5 Å². The Morgan fingerprint density at radius 1 is 1.31 bits per heavy atom. The predicted octanol–water partition coefficient (Wildman–Crippen LogP) is 3.59. The second-order valence-corrected chi connectivity index (χ2v) is 5.25. The first-order valence-corrected chi connectivity index (χ1v) is 5.71. The third kappa shape index (κ3) is 2.58. The van der Waals surface area contributed by atoms with Crippen LogP contribution in [0.3, 0.4) is 0 Å². The van der Waals surface area contributed by atoms with E-state index in [9.17, 15) is 13.2 Å². The predicted molar refractivity (Wildman–Crippen MR) is 59.1 cm³/mol. The van der Waals surface area contributed by atoms with Crippen LogP contribution in [-0.2, 0) is 0 Å². The molecule has 1 aliphatic carbocycles. The largest absolute Gasteiger partial charge is 0.390 e. The Hall–Kier alpha value is -0.550. The Kier molecular flexibility index (Phi) is 2.78. The molecule has 0 amide bonds. The minimum Gasteiger partial charge on any atom is -0.324 e. The summed E-state index contributed by atoms with van der Waals surface area (Å²) in [5.74, 6) is -0.165. The molecule has 1 saturated carbocycles. The summed E-state index contributed by atoms with van der Waals surface area (Å²) < 4.78 is 37.7. The maximum Gasteiger partial charge on any atom is 0.390 e. The fourth-order valence-electron chi connectivity index (χ4n) is 2.03. The minimum absolute atomic E-state index is 0.165. The molecule has 1 fully saturated rings. The van der Waals surface area contributed by atoms with Crippen molar-refractivity contribution >= 4 is 15.9 Å². The zero-order valence-electron chi connectivity index (χ0n) is 8.39. The monoisotopic (exact) mass is 293 g/mol. The van der Waals surface area contributed by atoms with Crippen LogP contribution >= 0.6 is 15.9 Å². The second-order valence-electron chi connectivity index (χ2n) is 4.33. The first-order valence-electron chi connectivity index (χ1n) is 4.91. The van der Waals surface area contributed by atoms with E-state index in [0.717, 1.165) is 10.0 Å². The maximum absolute atomic E-state index is 12.3. The van der Waals surface area contributed by atoms with E-state index in [1.807, 2.05) is 24.3 Å². The fourth-order valence-corrected chi connectivity index (χ4v) is 2.30. The van der Waals surface area contributed by atoms with Gasteiger partial charge in [0, 0.05) is 15.9 Å². The smallest absolute Gasteiger partial charge is 0.324 e. The summed E-state index contributed by atoms with van der Waals surface area (Å²) in [5.41, 5.74) is 5.51. The van der Waals surface area contributed by atoms with Crippen LogP contribution in [0.4, 0.5) is 13.2 Å². The number of benzene rings is 1. The second kappa shape index (κ2) is 3.74. The Morgan fingerprint density at radius 2 is 1.88 bits per heavy atom. The van der Waals surface area contributed by atoms with E-state index in [0.29, 0.717) is 6.42 Å². The van der Waals surface area contributed by atoms with Crippen LogP contribution in [0.1, 0.15) is 24.3 Å². The third-order valence-corrected chi connectivity index (χ3v) is 3.45. The molecule has 0 saturated heterocycles. The van der Waals surface area contributed by atoms with Crippen LogP contribution in [0.15, 0.2) is 28.7 Å². The van der Waals surface area contributed by atoms with E-state index in [-0.39, 0.29) is 5.92 Å². The van der Waals surface area contributed by atoms with Gasteiger partial charge in [-0.25, -0.2) is 0 Å². The summed E-state index contributed by atoms with van der Waals surface area (Å²) in [7, 11) is 0. The van der Waals surface area contributed by atoms with Gasteiger partial charge in [0.2, 0.25) is 0 Å². The number of hydrogen-bond acceptors (Lipinski definition) is 1. The molecule has 0 aromatic heterocycles. The van der Waals surface area contributed by atoms with Gasteiger partial charge in [0.05, 0.1) is 6.42 Å². The number of halogens is 4. The lowest BCUT2D eigenvalue weighted by molar-refractivity contribution is -0.140. The molecule has 1 nitrogen and oxygen atoms in total. The number of alkyl halides is 3. The van der Waals surface area contributed by atoms with Gasteiger partial charge >= 0.3 is 6.18 Å². The molecular weight excluding hydrogens is 283 g/mol. The maximum atomic E-state index is 12.3. The first-order chi connectivity index (χ1) is 7.30. The van der Waals surface area contributed by atoms with Crippen molar-refractivity contribution in [1.29, 1.82) is 0 Å². The van der Waals surface area contributed by atoms with E-state index in [4.69, 9.17) is 5.73 Å². The molecule has 2 rings (SSSR count). The molecule has 0 bridgehead atoms. The summed E-state index contributed by atoms with van der Waals surface area (Å²) in [6.07, 6.45) is -4.67. The molecule has 5 heteroatoms. The molecule has 2 unspecified atom stereocenters. The standard InChI is InChI=1S/C11H11BrF3N/c12-8-3-1-7(2-4-8)9-5-10(9,16)6-11(13,14)15/h1-4,9H,5-6,16H2. The highest BCUT2D eigenvalue weighted by Crippen LogP contribution is 2.54. The Bertz CT molecular complexity index is 387. The highest BCUT2D eigenvalue weighted by Gasteiger charge is 2.56. The van der Waals surface area contributed by atoms with E-state index in [1.54, 1.807) is 0 Å². The average molecular weight is 294 g/mol. The Balaban J connectivity index is 2.08. The van der Waals surface area contributed by atoms with Gasteiger partial charge in [-0.3, -0.25) is 0 Å². The van der Waals surface area contributed by atoms with Crippen molar-refractivity contribution in [1.82, 2.24) is 0 Å². The van der Waals surface area contributed by atoms with Crippen LogP contribution in [0.5, 0.6) is 0 Å². The van der Waals surface area contributed by atoms with Crippen molar-refractivity contribution in [3.63, 3.8) is 0 Å².